The third-order valence-electron chi connectivity index (χ3n) is 3.62. The fourth-order valence-corrected chi connectivity index (χ4v) is 2.33. The van der Waals surface area contributed by atoms with Crippen LogP contribution < -0.4 is 10.3 Å². The molecule has 0 radical (unpaired) electrons. The van der Waals surface area contributed by atoms with Crippen LogP contribution in [0, 0.1) is 10.1 Å². The van der Waals surface area contributed by atoms with Crippen LogP contribution in [-0.2, 0) is 4.74 Å². The minimum absolute atomic E-state index is 0.0526. The molecular formula is C16H17N5O3. The van der Waals surface area contributed by atoms with Crippen LogP contribution in [0.4, 0.5) is 17.2 Å². The van der Waals surface area contributed by atoms with Gasteiger partial charge in [0.15, 0.2) is 0 Å². The van der Waals surface area contributed by atoms with Crippen molar-refractivity contribution in [3.63, 3.8) is 0 Å². The highest BCUT2D eigenvalue weighted by Gasteiger charge is 2.10. The SMILES string of the molecule is O=[N+]([O-])c1ccc(N/N=C\c2ccc(N3CCOCC3)cc2)nc1. The molecule has 1 aromatic heterocycles. The average molecular weight is 327 g/mol. The van der Waals surface area contributed by atoms with Crippen LogP contribution in [0.25, 0.3) is 0 Å². The summed E-state index contributed by atoms with van der Waals surface area (Å²) in [5.74, 6) is 0.446. The highest BCUT2D eigenvalue weighted by molar-refractivity contribution is 5.80. The first-order chi connectivity index (χ1) is 11.7. The Morgan fingerprint density at radius 3 is 2.58 bits per heavy atom. The van der Waals surface area contributed by atoms with E-state index in [1.54, 1.807) is 6.21 Å². The highest BCUT2D eigenvalue weighted by atomic mass is 16.6. The maximum absolute atomic E-state index is 10.6. The van der Waals surface area contributed by atoms with E-state index in [-0.39, 0.29) is 5.69 Å². The maximum atomic E-state index is 10.6. The molecule has 124 valence electrons. The van der Waals surface area contributed by atoms with Gasteiger partial charge in [0.2, 0.25) is 0 Å². The molecule has 1 saturated heterocycles. The molecule has 2 aromatic rings. The number of ether oxygens (including phenoxy) is 1. The smallest absolute Gasteiger partial charge is 0.287 e. The first-order valence-corrected chi connectivity index (χ1v) is 7.55. The van der Waals surface area contributed by atoms with E-state index in [1.165, 1.54) is 24.0 Å². The molecule has 1 N–H and O–H groups in total. The van der Waals surface area contributed by atoms with Crippen molar-refractivity contribution in [2.24, 2.45) is 5.10 Å². The fourth-order valence-electron chi connectivity index (χ4n) is 2.33. The monoisotopic (exact) mass is 327 g/mol. The number of aromatic nitrogens is 1. The molecule has 0 spiro atoms. The molecule has 0 unspecified atom stereocenters. The predicted molar refractivity (Wildman–Crippen MR) is 91.6 cm³/mol. The Hall–Kier alpha value is -3.00. The molecule has 0 saturated carbocycles. The molecule has 2 heterocycles. The van der Waals surface area contributed by atoms with Gasteiger partial charge in [0, 0.05) is 24.8 Å². The summed E-state index contributed by atoms with van der Waals surface area (Å²) in [7, 11) is 0. The quantitative estimate of drug-likeness (QED) is 0.514. The van der Waals surface area contributed by atoms with Gasteiger partial charge in [-0.2, -0.15) is 5.10 Å². The standard InChI is InChI=1S/C16H17N5O3/c22-21(23)15-5-6-16(17-12-15)19-18-11-13-1-3-14(4-2-13)20-7-9-24-10-8-20/h1-6,11-12H,7-10H2,(H,17,19)/b18-11-. The van der Waals surface area contributed by atoms with E-state index < -0.39 is 4.92 Å². The van der Waals surface area contributed by atoms with Crippen molar-refractivity contribution in [2.45, 2.75) is 0 Å². The summed E-state index contributed by atoms with van der Waals surface area (Å²) < 4.78 is 5.35. The Morgan fingerprint density at radius 1 is 1.21 bits per heavy atom. The molecule has 8 nitrogen and oxygen atoms in total. The van der Waals surface area contributed by atoms with E-state index in [0.29, 0.717) is 5.82 Å². The van der Waals surface area contributed by atoms with Gasteiger partial charge in [-0.3, -0.25) is 15.5 Å². The van der Waals surface area contributed by atoms with Crippen LogP contribution in [-0.4, -0.2) is 42.4 Å². The van der Waals surface area contributed by atoms with Crippen LogP contribution in [0.5, 0.6) is 0 Å². The number of nitro groups is 1. The van der Waals surface area contributed by atoms with Gasteiger partial charge in [0.05, 0.1) is 24.4 Å². The van der Waals surface area contributed by atoms with Gasteiger partial charge in [0.25, 0.3) is 5.69 Å². The third kappa shape index (κ3) is 4.05. The Morgan fingerprint density at radius 2 is 1.96 bits per heavy atom. The summed E-state index contributed by atoms with van der Waals surface area (Å²) >= 11 is 0. The lowest BCUT2D eigenvalue weighted by atomic mass is 10.2. The number of pyridine rings is 1. The van der Waals surface area contributed by atoms with E-state index in [1.807, 2.05) is 12.1 Å². The predicted octanol–water partition coefficient (Wildman–Crippen LogP) is 2.27. The van der Waals surface area contributed by atoms with Crippen molar-refractivity contribution < 1.29 is 9.66 Å². The molecule has 0 atom stereocenters. The van der Waals surface area contributed by atoms with Gasteiger partial charge in [-0.1, -0.05) is 12.1 Å². The van der Waals surface area contributed by atoms with Crippen molar-refractivity contribution >= 4 is 23.4 Å². The zero-order chi connectivity index (χ0) is 16.8. The van der Waals surface area contributed by atoms with Crippen molar-refractivity contribution in [3.8, 4) is 0 Å². The van der Waals surface area contributed by atoms with E-state index >= 15 is 0 Å². The van der Waals surface area contributed by atoms with E-state index in [0.717, 1.165) is 31.9 Å². The summed E-state index contributed by atoms with van der Waals surface area (Å²) in [6, 6.07) is 11.0. The van der Waals surface area contributed by atoms with E-state index in [9.17, 15) is 10.1 Å². The third-order valence-corrected chi connectivity index (χ3v) is 3.62. The molecule has 0 aliphatic carbocycles. The molecule has 1 aromatic carbocycles. The molecule has 8 heteroatoms. The number of nitrogens with zero attached hydrogens (tertiary/aromatic N) is 4. The van der Waals surface area contributed by atoms with Gasteiger partial charge in [-0.25, -0.2) is 4.98 Å². The van der Waals surface area contributed by atoms with Gasteiger partial charge in [0.1, 0.15) is 12.0 Å². The number of benzene rings is 1. The summed E-state index contributed by atoms with van der Waals surface area (Å²) in [6.45, 7) is 3.33. The second-order valence-corrected chi connectivity index (χ2v) is 5.22. The lowest BCUT2D eigenvalue weighted by molar-refractivity contribution is -0.385. The molecule has 0 amide bonds. The average Bonchev–Trinajstić information content (AvgIpc) is 2.63. The minimum Gasteiger partial charge on any atom is -0.378 e. The first kappa shape index (κ1) is 15.9. The molecular weight excluding hydrogens is 310 g/mol. The van der Waals surface area contributed by atoms with Crippen LogP contribution >= 0.6 is 0 Å². The number of hydrazone groups is 1. The molecule has 1 fully saturated rings. The first-order valence-electron chi connectivity index (χ1n) is 7.55. The molecule has 24 heavy (non-hydrogen) atoms. The van der Waals surface area contributed by atoms with Gasteiger partial charge < -0.3 is 9.64 Å². The Kier molecular flexibility index (Phi) is 4.97. The van der Waals surface area contributed by atoms with Crippen molar-refractivity contribution in [3.05, 3.63) is 58.3 Å². The molecule has 1 aliphatic heterocycles. The summed E-state index contributed by atoms with van der Waals surface area (Å²) in [4.78, 5) is 16.3. The van der Waals surface area contributed by atoms with Gasteiger partial charge >= 0.3 is 0 Å². The number of morpholine rings is 1. The summed E-state index contributed by atoms with van der Waals surface area (Å²) in [5, 5.41) is 14.6. The zero-order valence-corrected chi connectivity index (χ0v) is 13.0. The second-order valence-electron chi connectivity index (χ2n) is 5.22. The normalized spacial score (nSPS) is 14.8. The number of nitrogens with one attached hydrogen (secondary N) is 1. The Bertz CT molecular complexity index is 709. The topological polar surface area (TPSA) is 92.9 Å². The van der Waals surface area contributed by atoms with Crippen molar-refractivity contribution in [2.75, 3.05) is 36.6 Å². The van der Waals surface area contributed by atoms with Gasteiger partial charge in [-0.15, -0.1) is 0 Å². The summed E-state index contributed by atoms with van der Waals surface area (Å²) in [6.07, 6.45) is 2.86. The Labute approximate surface area is 138 Å². The van der Waals surface area contributed by atoms with Crippen LogP contribution in [0.2, 0.25) is 0 Å². The maximum Gasteiger partial charge on any atom is 0.287 e. The second kappa shape index (κ2) is 7.51. The van der Waals surface area contributed by atoms with Crippen molar-refractivity contribution in [1.82, 2.24) is 4.98 Å². The van der Waals surface area contributed by atoms with Crippen molar-refractivity contribution in [1.29, 1.82) is 0 Å². The lowest BCUT2D eigenvalue weighted by Crippen LogP contribution is -2.36. The Balaban J connectivity index is 1.57. The zero-order valence-electron chi connectivity index (χ0n) is 13.0. The van der Waals surface area contributed by atoms with E-state index in [2.05, 4.69) is 32.5 Å². The number of rotatable bonds is 5. The highest BCUT2D eigenvalue weighted by Crippen LogP contribution is 2.16. The van der Waals surface area contributed by atoms with Gasteiger partial charge in [-0.05, 0) is 23.8 Å². The van der Waals surface area contributed by atoms with Crippen LogP contribution in [0.3, 0.4) is 0 Å². The van der Waals surface area contributed by atoms with Crippen LogP contribution in [0.1, 0.15) is 5.56 Å². The number of anilines is 2. The number of hydrogen-bond acceptors (Lipinski definition) is 7. The molecule has 0 bridgehead atoms. The summed E-state index contributed by atoms with van der Waals surface area (Å²) in [5.41, 5.74) is 4.81. The number of hydrogen-bond donors (Lipinski definition) is 1. The molecule has 3 rings (SSSR count). The largest absolute Gasteiger partial charge is 0.378 e. The fraction of sp³-hybridized carbons (Fsp3) is 0.250. The minimum atomic E-state index is -0.490. The van der Waals surface area contributed by atoms with Crippen LogP contribution in [0.15, 0.2) is 47.7 Å². The molecule has 1 aliphatic rings. The lowest BCUT2D eigenvalue weighted by Gasteiger charge is -2.28. The van der Waals surface area contributed by atoms with E-state index in [4.69, 9.17) is 4.74 Å².